The fourth-order valence-corrected chi connectivity index (χ4v) is 1.48. The van der Waals surface area contributed by atoms with Gasteiger partial charge in [-0.25, -0.2) is 5.26 Å². The molecule has 1 rings (SSSR count). The van der Waals surface area contributed by atoms with Crippen molar-refractivity contribution in [2.45, 2.75) is 33.1 Å². The highest BCUT2D eigenvalue weighted by atomic mass is 17.1. The van der Waals surface area contributed by atoms with Crippen LogP contribution in [0.25, 0.3) is 0 Å². The molecule has 1 aliphatic carbocycles. The smallest absolute Gasteiger partial charge is 0.132 e. The van der Waals surface area contributed by atoms with Crippen LogP contribution in [0, 0.1) is 5.92 Å². The molecule has 2 heteroatoms. The van der Waals surface area contributed by atoms with E-state index in [0.717, 1.165) is 24.3 Å². The van der Waals surface area contributed by atoms with E-state index >= 15 is 0 Å². The molecule has 1 unspecified atom stereocenters. The Bertz CT molecular complexity index is 204. The molecule has 2 nitrogen and oxygen atoms in total. The lowest BCUT2D eigenvalue weighted by atomic mass is 9.88. The predicted octanol–water partition coefficient (Wildman–Crippen LogP) is 3.13. The lowest BCUT2D eigenvalue weighted by Gasteiger charge is -2.18. The largest absolute Gasteiger partial charge is 0.348 e. The van der Waals surface area contributed by atoms with E-state index in [2.05, 4.69) is 17.9 Å². The Morgan fingerprint density at radius 2 is 2.50 bits per heavy atom. The molecule has 0 spiro atoms. The average Bonchev–Trinajstić information content (AvgIpc) is 2.06. The fraction of sp³-hybridized carbons (Fsp3) is 0.600. The fourth-order valence-electron chi connectivity index (χ4n) is 1.48. The van der Waals surface area contributed by atoms with Crippen molar-refractivity contribution in [3.8, 4) is 0 Å². The van der Waals surface area contributed by atoms with Gasteiger partial charge in [0.25, 0.3) is 0 Å². The summed E-state index contributed by atoms with van der Waals surface area (Å²) in [5.74, 6) is 0.802. The van der Waals surface area contributed by atoms with E-state index in [1.165, 1.54) is 18.3 Å². The lowest BCUT2D eigenvalue weighted by Crippen LogP contribution is -2.02. The Balaban J connectivity index is 2.58. The summed E-state index contributed by atoms with van der Waals surface area (Å²) in [6.45, 7) is 4.22. The van der Waals surface area contributed by atoms with E-state index in [-0.39, 0.29) is 0 Å². The number of allylic oxidation sites excluding steroid dienone is 3. The van der Waals surface area contributed by atoms with Gasteiger partial charge in [0, 0.05) is 0 Å². The van der Waals surface area contributed by atoms with Gasteiger partial charge in [0.05, 0.1) is 0 Å². The molecule has 1 N–H and O–H groups in total. The topological polar surface area (TPSA) is 29.5 Å². The highest BCUT2D eigenvalue weighted by Gasteiger charge is 2.10. The van der Waals surface area contributed by atoms with Crippen LogP contribution in [0.4, 0.5) is 0 Å². The Hall–Kier alpha value is -0.760. The second-order valence-corrected chi connectivity index (χ2v) is 3.52. The first kappa shape index (κ1) is 9.33. The first-order valence-electron chi connectivity index (χ1n) is 4.40. The summed E-state index contributed by atoms with van der Waals surface area (Å²) in [6.07, 6.45) is 7.11. The van der Waals surface area contributed by atoms with Gasteiger partial charge in [0.15, 0.2) is 0 Å². The zero-order chi connectivity index (χ0) is 8.97. The monoisotopic (exact) mass is 168 g/mol. The minimum atomic E-state index is 0.802. The van der Waals surface area contributed by atoms with Crippen LogP contribution in [0.3, 0.4) is 0 Å². The summed E-state index contributed by atoms with van der Waals surface area (Å²) in [6, 6.07) is 0. The van der Waals surface area contributed by atoms with E-state index < -0.39 is 0 Å². The van der Waals surface area contributed by atoms with Gasteiger partial charge >= 0.3 is 0 Å². The molecule has 1 aliphatic rings. The number of rotatable bonds is 2. The summed E-state index contributed by atoms with van der Waals surface area (Å²) >= 11 is 0. The second kappa shape index (κ2) is 4.31. The lowest BCUT2D eigenvalue weighted by molar-refractivity contribution is -0.187. The van der Waals surface area contributed by atoms with Gasteiger partial charge in [-0.05, 0) is 43.3 Å². The SMILES string of the molecule is C/C(=C\OO)C1=CCC(C)CC1. The van der Waals surface area contributed by atoms with Gasteiger partial charge < -0.3 is 4.89 Å². The molecule has 0 fully saturated rings. The molecule has 0 amide bonds. The van der Waals surface area contributed by atoms with Crippen molar-refractivity contribution in [1.82, 2.24) is 0 Å². The Kier molecular flexibility index (Phi) is 3.35. The number of hydrogen-bond donors (Lipinski definition) is 1. The van der Waals surface area contributed by atoms with Crippen LogP contribution in [0.1, 0.15) is 33.1 Å². The van der Waals surface area contributed by atoms with Gasteiger partial charge in [-0.15, -0.1) is 0 Å². The van der Waals surface area contributed by atoms with Crippen LogP contribution in [-0.4, -0.2) is 5.26 Å². The summed E-state index contributed by atoms with van der Waals surface area (Å²) in [5, 5.41) is 8.22. The maximum atomic E-state index is 8.22. The molecule has 0 heterocycles. The molecule has 12 heavy (non-hydrogen) atoms. The van der Waals surface area contributed by atoms with Gasteiger partial charge in [-0.1, -0.05) is 13.0 Å². The van der Waals surface area contributed by atoms with Crippen LogP contribution >= 0.6 is 0 Å². The summed E-state index contributed by atoms with van der Waals surface area (Å²) in [7, 11) is 0. The Morgan fingerprint density at radius 3 is 3.00 bits per heavy atom. The maximum Gasteiger partial charge on any atom is 0.132 e. The minimum Gasteiger partial charge on any atom is -0.348 e. The zero-order valence-electron chi connectivity index (χ0n) is 7.71. The predicted molar refractivity (Wildman–Crippen MR) is 48.6 cm³/mol. The minimum absolute atomic E-state index is 0.802. The van der Waals surface area contributed by atoms with E-state index in [1.54, 1.807) is 0 Å². The van der Waals surface area contributed by atoms with Gasteiger partial charge in [-0.3, -0.25) is 0 Å². The van der Waals surface area contributed by atoms with Crippen molar-refractivity contribution >= 4 is 0 Å². The highest BCUT2D eigenvalue weighted by molar-refractivity contribution is 5.28. The van der Waals surface area contributed by atoms with Crippen molar-refractivity contribution in [3.05, 3.63) is 23.5 Å². The quantitative estimate of drug-likeness (QED) is 0.390. The molecule has 0 aromatic carbocycles. The highest BCUT2D eigenvalue weighted by Crippen LogP contribution is 2.27. The molecular weight excluding hydrogens is 152 g/mol. The Labute approximate surface area is 73.5 Å². The molecule has 0 aromatic rings. The molecule has 0 aromatic heterocycles. The van der Waals surface area contributed by atoms with Gasteiger partial charge in [0.1, 0.15) is 6.26 Å². The summed E-state index contributed by atoms with van der Waals surface area (Å²) < 4.78 is 0. The van der Waals surface area contributed by atoms with Crippen molar-refractivity contribution in [3.63, 3.8) is 0 Å². The van der Waals surface area contributed by atoms with Crippen molar-refractivity contribution in [2.75, 3.05) is 0 Å². The van der Waals surface area contributed by atoms with Crippen molar-refractivity contribution in [1.29, 1.82) is 0 Å². The van der Waals surface area contributed by atoms with Crippen LogP contribution in [-0.2, 0) is 4.89 Å². The molecule has 0 saturated heterocycles. The second-order valence-electron chi connectivity index (χ2n) is 3.52. The van der Waals surface area contributed by atoms with E-state index in [1.807, 2.05) is 6.92 Å². The van der Waals surface area contributed by atoms with Gasteiger partial charge in [-0.2, -0.15) is 0 Å². The first-order chi connectivity index (χ1) is 5.74. The van der Waals surface area contributed by atoms with E-state index in [9.17, 15) is 0 Å². The number of hydrogen-bond acceptors (Lipinski definition) is 2. The van der Waals surface area contributed by atoms with Crippen LogP contribution < -0.4 is 0 Å². The van der Waals surface area contributed by atoms with Crippen molar-refractivity contribution < 1.29 is 10.1 Å². The molecule has 0 saturated carbocycles. The van der Waals surface area contributed by atoms with Crippen molar-refractivity contribution in [2.24, 2.45) is 5.92 Å². The third kappa shape index (κ3) is 2.38. The molecule has 0 radical (unpaired) electrons. The maximum absolute atomic E-state index is 8.22. The first-order valence-corrected chi connectivity index (χ1v) is 4.40. The summed E-state index contributed by atoms with van der Waals surface area (Å²) in [5.41, 5.74) is 2.34. The Morgan fingerprint density at radius 1 is 1.75 bits per heavy atom. The van der Waals surface area contributed by atoms with Crippen LogP contribution in [0.2, 0.25) is 0 Å². The normalized spacial score (nSPS) is 25.1. The molecule has 0 aliphatic heterocycles. The molecule has 1 atom stereocenters. The summed E-state index contributed by atoms with van der Waals surface area (Å²) in [4.78, 5) is 3.98. The standard InChI is InChI=1S/C10H16O2/c1-8-3-5-10(6-4-8)9(2)7-12-11/h5,7-8,11H,3-4,6H2,1-2H3/b9-7+. The molecular formula is C10H16O2. The average molecular weight is 168 g/mol. The molecule has 0 bridgehead atoms. The van der Waals surface area contributed by atoms with Gasteiger partial charge in [0.2, 0.25) is 0 Å². The van der Waals surface area contributed by atoms with E-state index in [0.29, 0.717) is 0 Å². The third-order valence-corrected chi connectivity index (χ3v) is 2.41. The zero-order valence-corrected chi connectivity index (χ0v) is 7.71. The molecule has 68 valence electrons. The van der Waals surface area contributed by atoms with E-state index in [4.69, 9.17) is 5.26 Å². The third-order valence-electron chi connectivity index (χ3n) is 2.41. The van der Waals surface area contributed by atoms with Crippen LogP contribution in [0.15, 0.2) is 23.5 Å². The van der Waals surface area contributed by atoms with Crippen LogP contribution in [0.5, 0.6) is 0 Å².